The summed E-state index contributed by atoms with van der Waals surface area (Å²) in [6.07, 6.45) is 0.959. The van der Waals surface area contributed by atoms with E-state index >= 15 is 0 Å². The molecule has 0 bridgehead atoms. The zero-order valence-electron chi connectivity index (χ0n) is 17.6. The van der Waals surface area contributed by atoms with Gasteiger partial charge in [0, 0.05) is 19.3 Å². The molecule has 7 heteroatoms. The summed E-state index contributed by atoms with van der Waals surface area (Å²) in [5, 5.41) is 0. The Morgan fingerprint density at radius 2 is 1.59 bits per heavy atom. The van der Waals surface area contributed by atoms with E-state index < -0.39 is 11.9 Å². The second-order valence-electron chi connectivity index (χ2n) is 6.84. The van der Waals surface area contributed by atoms with Crippen molar-refractivity contribution in [2.24, 2.45) is 0 Å². The number of ether oxygens (including phenoxy) is 2. The standard InChI is InChI=1S/C22H28N2O5/c1-6-16-8-10-17(11-9-16)12-24(5)18(25)13-29-22(27)20-14(3)19(15(4)23-20)21(26)28-7-2/h8-11,23H,6-7,12-13H2,1-5H3. The molecule has 2 aromatic rings. The van der Waals surface area contributed by atoms with Crippen molar-refractivity contribution in [3.05, 3.63) is 57.9 Å². The fraction of sp³-hybridized carbons (Fsp3) is 0.409. The van der Waals surface area contributed by atoms with Gasteiger partial charge in [0.05, 0.1) is 12.2 Å². The van der Waals surface area contributed by atoms with Crippen LogP contribution in [0.5, 0.6) is 0 Å². The average molecular weight is 400 g/mol. The first-order chi connectivity index (χ1) is 13.8. The molecule has 0 saturated carbocycles. The number of amides is 1. The number of benzene rings is 1. The lowest BCUT2D eigenvalue weighted by Crippen LogP contribution is -2.31. The Kier molecular flexibility index (Phi) is 7.59. The van der Waals surface area contributed by atoms with Crippen LogP contribution in [0, 0.1) is 13.8 Å². The molecule has 1 amide bonds. The molecule has 1 aromatic heterocycles. The lowest BCUT2D eigenvalue weighted by Gasteiger charge is -2.17. The molecule has 29 heavy (non-hydrogen) atoms. The highest BCUT2D eigenvalue weighted by molar-refractivity contribution is 5.99. The summed E-state index contributed by atoms with van der Waals surface area (Å²) in [5.74, 6) is -1.50. The Morgan fingerprint density at radius 3 is 2.17 bits per heavy atom. The van der Waals surface area contributed by atoms with Gasteiger partial charge in [0.25, 0.3) is 5.91 Å². The van der Waals surface area contributed by atoms with Crippen molar-refractivity contribution in [2.75, 3.05) is 20.3 Å². The largest absolute Gasteiger partial charge is 0.462 e. The molecule has 1 heterocycles. The quantitative estimate of drug-likeness (QED) is 0.688. The number of hydrogen-bond donors (Lipinski definition) is 1. The molecule has 0 atom stereocenters. The highest BCUT2D eigenvalue weighted by Crippen LogP contribution is 2.20. The first-order valence-electron chi connectivity index (χ1n) is 9.63. The molecule has 0 spiro atoms. The van der Waals surface area contributed by atoms with Crippen LogP contribution in [0.3, 0.4) is 0 Å². The number of carbonyl (C=O) groups excluding carboxylic acids is 3. The lowest BCUT2D eigenvalue weighted by molar-refractivity contribution is -0.133. The first-order valence-corrected chi connectivity index (χ1v) is 9.63. The average Bonchev–Trinajstić information content (AvgIpc) is 3.00. The topological polar surface area (TPSA) is 88.7 Å². The third-order valence-electron chi connectivity index (χ3n) is 4.72. The van der Waals surface area contributed by atoms with Crippen molar-refractivity contribution >= 4 is 17.8 Å². The van der Waals surface area contributed by atoms with Crippen LogP contribution in [0.1, 0.15) is 57.1 Å². The third-order valence-corrected chi connectivity index (χ3v) is 4.72. The first kappa shape index (κ1) is 22.2. The van der Waals surface area contributed by atoms with Gasteiger partial charge >= 0.3 is 11.9 Å². The molecular formula is C22H28N2O5. The number of aromatic amines is 1. The summed E-state index contributed by atoms with van der Waals surface area (Å²) in [6, 6.07) is 8.03. The van der Waals surface area contributed by atoms with Gasteiger partial charge in [-0.15, -0.1) is 0 Å². The summed E-state index contributed by atoms with van der Waals surface area (Å²) in [5.41, 5.74) is 3.67. The van der Waals surface area contributed by atoms with E-state index in [1.807, 2.05) is 24.3 Å². The van der Waals surface area contributed by atoms with E-state index in [2.05, 4.69) is 11.9 Å². The van der Waals surface area contributed by atoms with Crippen LogP contribution in [0.25, 0.3) is 0 Å². The molecule has 156 valence electrons. The lowest BCUT2D eigenvalue weighted by atomic mass is 10.1. The molecule has 0 aliphatic carbocycles. The van der Waals surface area contributed by atoms with Crippen molar-refractivity contribution in [1.82, 2.24) is 9.88 Å². The van der Waals surface area contributed by atoms with Crippen LogP contribution < -0.4 is 0 Å². The summed E-state index contributed by atoms with van der Waals surface area (Å²) in [7, 11) is 1.66. The van der Waals surface area contributed by atoms with Crippen molar-refractivity contribution in [1.29, 1.82) is 0 Å². The van der Waals surface area contributed by atoms with Crippen LogP contribution >= 0.6 is 0 Å². The van der Waals surface area contributed by atoms with Crippen LogP contribution in [-0.2, 0) is 27.2 Å². The van der Waals surface area contributed by atoms with Gasteiger partial charge < -0.3 is 19.4 Å². The van der Waals surface area contributed by atoms with Crippen LogP contribution in [0.4, 0.5) is 0 Å². The number of hydrogen-bond acceptors (Lipinski definition) is 5. The number of H-pyrrole nitrogens is 1. The Bertz CT molecular complexity index is 883. The summed E-state index contributed by atoms with van der Waals surface area (Å²) < 4.78 is 10.2. The van der Waals surface area contributed by atoms with Crippen LogP contribution in [-0.4, -0.2) is 48.0 Å². The normalized spacial score (nSPS) is 10.5. The number of rotatable bonds is 8. The second kappa shape index (κ2) is 9.91. The van der Waals surface area contributed by atoms with E-state index in [4.69, 9.17) is 9.47 Å². The molecule has 1 aromatic carbocycles. The second-order valence-corrected chi connectivity index (χ2v) is 6.84. The van der Waals surface area contributed by atoms with Crippen molar-refractivity contribution in [3.8, 4) is 0 Å². The number of nitrogens with zero attached hydrogens (tertiary/aromatic N) is 1. The number of aromatic nitrogens is 1. The summed E-state index contributed by atoms with van der Waals surface area (Å²) in [6.45, 7) is 7.40. The van der Waals surface area contributed by atoms with Crippen molar-refractivity contribution < 1.29 is 23.9 Å². The van der Waals surface area contributed by atoms with Gasteiger partial charge in [-0.05, 0) is 43.9 Å². The fourth-order valence-corrected chi connectivity index (χ4v) is 3.02. The van der Waals surface area contributed by atoms with Gasteiger partial charge in [-0.3, -0.25) is 4.79 Å². The Labute approximate surface area is 171 Å². The Hall–Kier alpha value is -3.09. The predicted molar refractivity (Wildman–Crippen MR) is 109 cm³/mol. The minimum atomic E-state index is -0.685. The summed E-state index contributed by atoms with van der Waals surface area (Å²) in [4.78, 5) is 41.1. The highest BCUT2D eigenvalue weighted by Gasteiger charge is 2.24. The molecule has 0 aliphatic rings. The number of aryl methyl sites for hydroxylation is 2. The maximum atomic E-state index is 12.4. The highest BCUT2D eigenvalue weighted by atomic mass is 16.5. The van der Waals surface area contributed by atoms with Gasteiger partial charge in [-0.25, -0.2) is 9.59 Å². The maximum absolute atomic E-state index is 12.4. The van der Waals surface area contributed by atoms with E-state index in [1.54, 1.807) is 27.8 Å². The van der Waals surface area contributed by atoms with E-state index in [0.717, 1.165) is 12.0 Å². The van der Waals surface area contributed by atoms with Crippen molar-refractivity contribution in [2.45, 2.75) is 40.7 Å². The molecule has 0 unspecified atom stereocenters. The van der Waals surface area contributed by atoms with Gasteiger partial charge in [0.2, 0.25) is 0 Å². The fourth-order valence-electron chi connectivity index (χ4n) is 3.02. The minimum absolute atomic E-state index is 0.149. The zero-order valence-corrected chi connectivity index (χ0v) is 17.6. The molecule has 0 aliphatic heterocycles. The molecule has 0 radical (unpaired) electrons. The van der Waals surface area contributed by atoms with Crippen molar-refractivity contribution in [3.63, 3.8) is 0 Å². The number of esters is 2. The number of carbonyl (C=O) groups is 3. The third kappa shape index (κ3) is 5.47. The number of nitrogens with one attached hydrogen (secondary N) is 1. The van der Waals surface area contributed by atoms with Gasteiger partial charge in [0.1, 0.15) is 5.69 Å². The monoisotopic (exact) mass is 400 g/mol. The molecule has 0 fully saturated rings. The smallest absolute Gasteiger partial charge is 0.355 e. The molecule has 2 rings (SSSR count). The molecular weight excluding hydrogens is 372 g/mol. The SMILES string of the molecule is CCOC(=O)c1c(C)[nH]c(C(=O)OCC(=O)N(C)Cc2ccc(CC)cc2)c1C. The van der Waals surface area contributed by atoms with Gasteiger partial charge in [-0.1, -0.05) is 31.2 Å². The van der Waals surface area contributed by atoms with Crippen LogP contribution in [0.15, 0.2) is 24.3 Å². The molecule has 0 saturated heterocycles. The predicted octanol–water partition coefficient (Wildman–Crippen LogP) is 3.19. The number of likely N-dealkylation sites (N-methyl/N-ethyl adjacent to an activating group) is 1. The van der Waals surface area contributed by atoms with E-state index in [-0.39, 0.29) is 24.8 Å². The minimum Gasteiger partial charge on any atom is -0.462 e. The van der Waals surface area contributed by atoms with Crippen LogP contribution in [0.2, 0.25) is 0 Å². The van der Waals surface area contributed by atoms with E-state index in [9.17, 15) is 14.4 Å². The zero-order chi connectivity index (χ0) is 21.6. The summed E-state index contributed by atoms with van der Waals surface area (Å²) >= 11 is 0. The van der Waals surface area contributed by atoms with E-state index in [1.165, 1.54) is 10.5 Å². The molecule has 1 N–H and O–H groups in total. The maximum Gasteiger partial charge on any atom is 0.355 e. The van der Waals surface area contributed by atoms with E-state index in [0.29, 0.717) is 23.4 Å². The molecule has 7 nitrogen and oxygen atoms in total. The van der Waals surface area contributed by atoms with Gasteiger partial charge in [0.15, 0.2) is 6.61 Å². The Balaban J connectivity index is 1.96. The Morgan fingerprint density at radius 1 is 0.966 bits per heavy atom. The van der Waals surface area contributed by atoms with Gasteiger partial charge in [-0.2, -0.15) is 0 Å².